The fourth-order valence-electron chi connectivity index (χ4n) is 2.87. The summed E-state index contributed by atoms with van der Waals surface area (Å²) in [4.78, 5) is 2.38. The highest BCUT2D eigenvalue weighted by Crippen LogP contribution is 2.27. The van der Waals surface area contributed by atoms with Gasteiger partial charge >= 0.3 is 0 Å². The minimum absolute atomic E-state index is 0.147. The van der Waals surface area contributed by atoms with E-state index in [-0.39, 0.29) is 17.5 Å². The predicted molar refractivity (Wildman–Crippen MR) is 105 cm³/mol. The van der Waals surface area contributed by atoms with Gasteiger partial charge in [0.05, 0.1) is 12.0 Å². The van der Waals surface area contributed by atoms with E-state index in [1.807, 2.05) is 38.1 Å². The van der Waals surface area contributed by atoms with E-state index in [0.717, 1.165) is 18.7 Å². The van der Waals surface area contributed by atoms with Gasteiger partial charge in [0.25, 0.3) is 0 Å². The van der Waals surface area contributed by atoms with Crippen LogP contribution in [-0.2, 0) is 10.0 Å². The number of methoxy groups -OCH3 is 1. The number of ether oxygens (including phenoxy) is 1. The Kier molecular flexibility index (Phi) is 7.46. The van der Waals surface area contributed by atoms with Crippen LogP contribution < -0.4 is 9.46 Å². The molecular formula is C19H25ClN2O3S. The van der Waals surface area contributed by atoms with Gasteiger partial charge in [-0.2, -0.15) is 0 Å². The smallest absolute Gasteiger partial charge is 0.240 e. The van der Waals surface area contributed by atoms with Gasteiger partial charge in [-0.25, -0.2) is 13.1 Å². The minimum Gasteiger partial charge on any atom is -0.497 e. The molecule has 2 rings (SSSR count). The summed E-state index contributed by atoms with van der Waals surface area (Å²) >= 11 is 6.36. The molecule has 0 bridgehead atoms. The first-order valence-corrected chi connectivity index (χ1v) is 10.4. The van der Waals surface area contributed by atoms with Gasteiger partial charge in [-0.15, -0.1) is 0 Å². The van der Waals surface area contributed by atoms with Gasteiger partial charge < -0.3 is 4.74 Å². The van der Waals surface area contributed by atoms with Crippen LogP contribution in [0.15, 0.2) is 53.4 Å². The lowest BCUT2D eigenvalue weighted by Gasteiger charge is -2.30. The molecule has 2 aromatic carbocycles. The number of rotatable bonds is 9. The lowest BCUT2D eigenvalue weighted by atomic mass is 10.1. The van der Waals surface area contributed by atoms with Crippen LogP contribution in [0.25, 0.3) is 0 Å². The Labute approximate surface area is 161 Å². The SMILES string of the molecule is CCN(CC)C(CNS(=O)(=O)c1ccc(OC)cc1)c1ccccc1Cl. The molecule has 5 nitrogen and oxygen atoms in total. The topological polar surface area (TPSA) is 58.6 Å². The first-order chi connectivity index (χ1) is 12.4. The van der Waals surface area contributed by atoms with E-state index in [1.165, 1.54) is 12.1 Å². The fraction of sp³-hybridized carbons (Fsp3) is 0.368. The molecular weight excluding hydrogens is 372 g/mol. The predicted octanol–water partition coefficient (Wildman–Crippen LogP) is 3.71. The van der Waals surface area contributed by atoms with E-state index in [0.29, 0.717) is 10.8 Å². The summed E-state index contributed by atoms with van der Waals surface area (Å²) in [5, 5.41) is 0.632. The van der Waals surface area contributed by atoms with E-state index in [4.69, 9.17) is 16.3 Å². The van der Waals surface area contributed by atoms with Crippen LogP contribution in [0.4, 0.5) is 0 Å². The summed E-state index contributed by atoms with van der Waals surface area (Å²) in [6.07, 6.45) is 0. The highest BCUT2D eigenvalue weighted by atomic mass is 35.5. The maximum absolute atomic E-state index is 12.6. The number of halogens is 1. The first-order valence-electron chi connectivity index (χ1n) is 8.55. The molecule has 1 N–H and O–H groups in total. The van der Waals surface area contributed by atoms with Crippen molar-refractivity contribution in [1.29, 1.82) is 0 Å². The largest absolute Gasteiger partial charge is 0.497 e. The number of hydrogen-bond acceptors (Lipinski definition) is 4. The Balaban J connectivity index is 2.24. The van der Waals surface area contributed by atoms with E-state index in [9.17, 15) is 8.42 Å². The van der Waals surface area contributed by atoms with E-state index >= 15 is 0 Å². The van der Waals surface area contributed by atoms with E-state index < -0.39 is 10.0 Å². The average Bonchev–Trinajstić information content (AvgIpc) is 2.66. The second kappa shape index (κ2) is 9.37. The molecule has 0 spiro atoms. The summed E-state index contributed by atoms with van der Waals surface area (Å²) in [6, 6.07) is 13.7. The molecule has 1 unspecified atom stereocenters. The van der Waals surface area contributed by atoms with E-state index in [1.54, 1.807) is 19.2 Å². The molecule has 0 aromatic heterocycles. The molecule has 0 amide bonds. The van der Waals surface area contributed by atoms with Crippen LogP contribution in [0.2, 0.25) is 5.02 Å². The number of nitrogens with zero attached hydrogens (tertiary/aromatic N) is 1. The van der Waals surface area contributed by atoms with Gasteiger partial charge in [-0.1, -0.05) is 43.6 Å². The Bertz CT molecular complexity index is 806. The zero-order valence-electron chi connectivity index (χ0n) is 15.3. The summed E-state index contributed by atoms with van der Waals surface area (Å²) in [5.74, 6) is 0.612. The molecule has 0 heterocycles. The van der Waals surface area contributed by atoms with Gasteiger partial charge in [0, 0.05) is 17.6 Å². The fourth-order valence-corrected chi connectivity index (χ4v) is 4.17. The zero-order chi connectivity index (χ0) is 19.2. The van der Waals surface area contributed by atoms with Gasteiger partial charge in [0.15, 0.2) is 0 Å². The summed E-state index contributed by atoms with van der Waals surface area (Å²) in [5.41, 5.74) is 0.912. The summed E-state index contributed by atoms with van der Waals surface area (Å²) in [6.45, 7) is 5.91. The van der Waals surface area contributed by atoms with Crippen molar-refractivity contribution >= 4 is 21.6 Å². The number of nitrogens with one attached hydrogen (secondary N) is 1. The van der Waals surface area contributed by atoms with Gasteiger partial charge in [0.2, 0.25) is 10.0 Å². The second-order valence-corrected chi connectivity index (χ2v) is 7.96. The Morgan fingerprint density at radius 1 is 1.08 bits per heavy atom. The Hall–Kier alpha value is -1.60. The molecule has 0 aliphatic rings. The van der Waals surface area contributed by atoms with Crippen LogP contribution in [0, 0.1) is 0 Å². The van der Waals surface area contributed by atoms with Gasteiger partial charge in [-0.05, 0) is 49.0 Å². The van der Waals surface area contributed by atoms with Crippen molar-refractivity contribution in [1.82, 2.24) is 9.62 Å². The van der Waals surface area contributed by atoms with Gasteiger partial charge in [-0.3, -0.25) is 4.90 Å². The van der Waals surface area contributed by atoms with Crippen molar-refractivity contribution in [2.75, 3.05) is 26.7 Å². The zero-order valence-corrected chi connectivity index (χ0v) is 16.8. The lowest BCUT2D eigenvalue weighted by Crippen LogP contribution is -2.38. The van der Waals surface area contributed by atoms with Crippen LogP contribution in [0.3, 0.4) is 0 Å². The summed E-state index contributed by atoms with van der Waals surface area (Å²) in [7, 11) is -2.08. The molecule has 26 heavy (non-hydrogen) atoms. The maximum atomic E-state index is 12.6. The van der Waals surface area contributed by atoms with Crippen molar-refractivity contribution in [3.05, 3.63) is 59.1 Å². The number of sulfonamides is 1. The van der Waals surface area contributed by atoms with Crippen LogP contribution in [-0.4, -0.2) is 40.1 Å². The molecule has 0 fully saturated rings. The first kappa shape index (κ1) is 20.7. The third-order valence-electron chi connectivity index (χ3n) is 4.35. The minimum atomic E-state index is -3.63. The highest BCUT2D eigenvalue weighted by molar-refractivity contribution is 7.89. The normalized spacial score (nSPS) is 13.0. The Morgan fingerprint density at radius 2 is 1.69 bits per heavy atom. The molecule has 0 aliphatic heterocycles. The van der Waals surface area contributed by atoms with Crippen molar-refractivity contribution in [3.63, 3.8) is 0 Å². The number of likely N-dealkylation sites (N-methyl/N-ethyl adjacent to an activating group) is 1. The third-order valence-corrected chi connectivity index (χ3v) is 6.14. The van der Waals surface area contributed by atoms with Crippen molar-refractivity contribution in [2.24, 2.45) is 0 Å². The van der Waals surface area contributed by atoms with Gasteiger partial charge in [0.1, 0.15) is 5.75 Å². The molecule has 0 saturated heterocycles. The highest BCUT2D eigenvalue weighted by Gasteiger charge is 2.23. The number of benzene rings is 2. The Morgan fingerprint density at radius 3 is 2.23 bits per heavy atom. The molecule has 142 valence electrons. The molecule has 1 atom stereocenters. The second-order valence-electron chi connectivity index (χ2n) is 5.79. The third kappa shape index (κ3) is 4.98. The molecule has 0 saturated carbocycles. The monoisotopic (exact) mass is 396 g/mol. The summed E-state index contributed by atoms with van der Waals surface area (Å²) < 4.78 is 33.1. The van der Waals surface area contributed by atoms with Crippen molar-refractivity contribution in [2.45, 2.75) is 24.8 Å². The molecule has 0 radical (unpaired) electrons. The van der Waals surface area contributed by atoms with E-state index in [2.05, 4.69) is 9.62 Å². The van der Waals surface area contributed by atoms with Crippen LogP contribution in [0.1, 0.15) is 25.5 Å². The standard InChI is InChI=1S/C19H25ClN2O3S/c1-4-22(5-2)19(17-8-6-7-9-18(17)20)14-21-26(23,24)16-12-10-15(25-3)11-13-16/h6-13,19,21H,4-5,14H2,1-3H3. The molecule has 7 heteroatoms. The van der Waals surface area contributed by atoms with Crippen molar-refractivity contribution < 1.29 is 13.2 Å². The maximum Gasteiger partial charge on any atom is 0.240 e. The van der Waals surface area contributed by atoms with Crippen molar-refractivity contribution in [3.8, 4) is 5.75 Å². The molecule has 2 aromatic rings. The number of hydrogen-bond donors (Lipinski definition) is 1. The quantitative estimate of drug-likeness (QED) is 0.701. The molecule has 0 aliphatic carbocycles. The lowest BCUT2D eigenvalue weighted by molar-refractivity contribution is 0.220. The van der Waals surface area contributed by atoms with Crippen LogP contribution in [0.5, 0.6) is 5.75 Å². The van der Waals surface area contributed by atoms with Crippen LogP contribution >= 0.6 is 11.6 Å². The average molecular weight is 397 g/mol.